The number of hydrogen-bond acceptors (Lipinski definition) is 3. The van der Waals surface area contributed by atoms with E-state index in [-0.39, 0.29) is 0 Å². The summed E-state index contributed by atoms with van der Waals surface area (Å²) < 4.78 is 25.8. The fourth-order valence-electron chi connectivity index (χ4n) is 2.42. The molecule has 5 heteroatoms. The Bertz CT molecular complexity index is 382. The van der Waals surface area contributed by atoms with E-state index < -0.39 is 14.8 Å². The Morgan fingerprint density at radius 2 is 1.89 bits per heavy atom. The van der Waals surface area contributed by atoms with Gasteiger partial charge in [0.25, 0.3) is 0 Å². The quantitative estimate of drug-likeness (QED) is 0.847. The molecule has 1 saturated carbocycles. The first kappa shape index (κ1) is 14.3. The molecule has 0 bridgehead atoms. The van der Waals surface area contributed by atoms with Crippen LogP contribution in [0, 0.1) is 5.92 Å². The van der Waals surface area contributed by atoms with Crippen LogP contribution in [0.4, 0.5) is 0 Å². The Morgan fingerprint density at radius 3 is 2.44 bits per heavy atom. The predicted molar refractivity (Wildman–Crippen MR) is 74.0 cm³/mol. The van der Waals surface area contributed by atoms with Gasteiger partial charge < -0.3 is 5.32 Å². The summed E-state index contributed by atoms with van der Waals surface area (Å²) >= 11 is 0. The van der Waals surface area contributed by atoms with Crippen LogP contribution in [-0.2, 0) is 10.0 Å². The number of sulfonamides is 1. The standard InChI is InChI=1S/C13H26N2O2S/c1-13(2,3)18(16,17)15-8-4-5-11(10-15)9-14-12-6-7-12/h11-12,14H,4-10H2,1-3H3. The summed E-state index contributed by atoms with van der Waals surface area (Å²) in [6.45, 7) is 7.72. The van der Waals surface area contributed by atoms with Crippen molar-refractivity contribution in [3.8, 4) is 0 Å². The van der Waals surface area contributed by atoms with Crippen LogP contribution in [0.15, 0.2) is 0 Å². The van der Waals surface area contributed by atoms with E-state index in [0.717, 1.165) is 19.4 Å². The number of rotatable bonds is 4. The van der Waals surface area contributed by atoms with Gasteiger partial charge in [0.15, 0.2) is 0 Å². The Labute approximate surface area is 111 Å². The van der Waals surface area contributed by atoms with Gasteiger partial charge in [0.05, 0.1) is 4.75 Å². The Balaban J connectivity index is 1.93. The SMILES string of the molecule is CC(C)(C)S(=O)(=O)N1CCCC(CNC2CC2)C1. The summed E-state index contributed by atoms with van der Waals surface area (Å²) in [6, 6.07) is 0.708. The summed E-state index contributed by atoms with van der Waals surface area (Å²) in [6.07, 6.45) is 4.72. The summed E-state index contributed by atoms with van der Waals surface area (Å²) in [5.41, 5.74) is 0. The van der Waals surface area contributed by atoms with Gasteiger partial charge in [0.1, 0.15) is 0 Å². The number of hydrogen-bond donors (Lipinski definition) is 1. The number of nitrogens with zero attached hydrogens (tertiary/aromatic N) is 1. The van der Waals surface area contributed by atoms with E-state index in [1.807, 2.05) is 0 Å². The molecule has 18 heavy (non-hydrogen) atoms. The molecule has 1 aliphatic carbocycles. The molecule has 1 atom stereocenters. The van der Waals surface area contributed by atoms with Crippen LogP contribution in [0.2, 0.25) is 0 Å². The first-order valence-electron chi connectivity index (χ1n) is 7.04. The molecular formula is C13H26N2O2S. The van der Waals surface area contributed by atoms with Gasteiger partial charge in [0.2, 0.25) is 10.0 Å². The lowest BCUT2D eigenvalue weighted by atomic mass is 10.00. The van der Waals surface area contributed by atoms with E-state index in [4.69, 9.17) is 0 Å². The highest BCUT2D eigenvalue weighted by Crippen LogP contribution is 2.27. The van der Waals surface area contributed by atoms with E-state index in [1.54, 1.807) is 25.1 Å². The minimum atomic E-state index is -3.15. The number of nitrogens with one attached hydrogen (secondary N) is 1. The van der Waals surface area contributed by atoms with E-state index in [0.29, 0.717) is 25.0 Å². The van der Waals surface area contributed by atoms with Crippen molar-refractivity contribution in [1.29, 1.82) is 0 Å². The monoisotopic (exact) mass is 274 g/mol. The van der Waals surface area contributed by atoms with Crippen LogP contribution in [0.3, 0.4) is 0 Å². The molecule has 0 aromatic rings. The van der Waals surface area contributed by atoms with Crippen LogP contribution >= 0.6 is 0 Å². The molecule has 2 aliphatic rings. The maximum atomic E-state index is 12.4. The zero-order valence-electron chi connectivity index (χ0n) is 11.8. The van der Waals surface area contributed by atoms with Gasteiger partial charge >= 0.3 is 0 Å². The van der Waals surface area contributed by atoms with Crippen LogP contribution in [0.5, 0.6) is 0 Å². The maximum Gasteiger partial charge on any atom is 0.219 e. The number of piperidine rings is 1. The zero-order chi connectivity index (χ0) is 13.4. The molecule has 0 aromatic carbocycles. The second-order valence-electron chi connectivity index (χ2n) is 6.67. The van der Waals surface area contributed by atoms with Crippen LogP contribution in [0.25, 0.3) is 0 Å². The van der Waals surface area contributed by atoms with Crippen LogP contribution in [-0.4, -0.2) is 43.1 Å². The van der Waals surface area contributed by atoms with Crippen molar-refractivity contribution in [3.63, 3.8) is 0 Å². The molecule has 1 aliphatic heterocycles. The van der Waals surface area contributed by atoms with Crippen molar-refractivity contribution in [2.24, 2.45) is 5.92 Å². The molecule has 1 saturated heterocycles. The van der Waals surface area contributed by atoms with E-state index in [2.05, 4.69) is 5.32 Å². The minimum Gasteiger partial charge on any atom is -0.314 e. The van der Waals surface area contributed by atoms with Crippen LogP contribution in [0.1, 0.15) is 46.5 Å². The third-order valence-corrected chi connectivity index (χ3v) is 6.43. The van der Waals surface area contributed by atoms with E-state index >= 15 is 0 Å². The van der Waals surface area contributed by atoms with Crippen molar-refractivity contribution in [2.75, 3.05) is 19.6 Å². The predicted octanol–water partition coefficient (Wildman–Crippen LogP) is 1.58. The average Bonchev–Trinajstić information content (AvgIpc) is 3.09. The molecule has 1 heterocycles. The third kappa shape index (κ3) is 3.25. The zero-order valence-corrected chi connectivity index (χ0v) is 12.6. The molecule has 0 spiro atoms. The van der Waals surface area contributed by atoms with Gasteiger partial charge in [-0.3, -0.25) is 0 Å². The van der Waals surface area contributed by atoms with Gasteiger partial charge in [0, 0.05) is 19.1 Å². The lowest BCUT2D eigenvalue weighted by Crippen LogP contribution is -2.49. The lowest BCUT2D eigenvalue weighted by Gasteiger charge is -2.36. The Kier molecular flexibility index (Phi) is 4.04. The highest BCUT2D eigenvalue weighted by atomic mass is 32.2. The van der Waals surface area contributed by atoms with Gasteiger partial charge in [-0.15, -0.1) is 0 Å². The van der Waals surface area contributed by atoms with Crippen molar-refractivity contribution in [1.82, 2.24) is 9.62 Å². The second-order valence-corrected chi connectivity index (χ2v) is 9.36. The van der Waals surface area contributed by atoms with Crippen molar-refractivity contribution in [2.45, 2.75) is 57.2 Å². The normalized spacial score (nSPS) is 27.4. The lowest BCUT2D eigenvalue weighted by molar-refractivity contribution is 0.255. The molecule has 4 nitrogen and oxygen atoms in total. The highest BCUT2D eigenvalue weighted by molar-refractivity contribution is 7.90. The largest absolute Gasteiger partial charge is 0.314 e. The molecular weight excluding hydrogens is 248 g/mol. The second kappa shape index (κ2) is 5.10. The summed E-state index contributed by atoms with van der Waals surface area (Å²) in [7, 11) is -3.15. The molecule has 1 unspecified atom stereocenters. The first-order valence-corrected chi connectivity index (χ1v) is 8.48. The third-order valence-electron chi connectivity index (χ3n) is 3.87. The van der Waals surface area contributed by atoms with Crippen LogP contribution < -0.4 is 5.32 Å². The van der Waals surface area contributed by atoms with Gasteiger partial charge in [-0.2, -0.15) is 0 Å². The van der Waals surface area contributed by atoms with Gasteiger partial charge in [-0.1, -0.05) is 0 Å². The molecule has 0 amide bonds. The smallest absolute Gasteiger partial charge is 0.219 e. The van der Waals surface area contributed by atoms with Crippen molar-refractivity contribution >= 4 is 10.0 Å². The average molecular weight is 274 g/mol. The Hall–Kier alpha value is -0.130. The maximum absolute atomic E-state index is 12.4. The highest BCUT2D eigenvalue weighted by Gasteiger charge is 2.37. The van der Waals surface area contributed by atoms with Gasteiger partial charge in [-0.05, 0) is 58.9 Å². The molecule has 1 N–H and O–H groups in total. The minimum absolute atomic E-state index is 0.483. The first-order chi connectivity index (χ1) is 8.30. The van der Waals surface area contributed by atoms with E-state index in [9.17, 15) is 8.42 Å². The molecule has 0 radical (unpaired) electrons. The molecule has 2 rings (SSSR count). The topological polar surface area (TPSA) is 49.4 Å². The summed E-state index contributed by atoms with van der Waals surface area (Å²) in [5, 5.41) is 3.52. The van der Waals surface area contributed by atoms with E-state index in [1.165, 1.54) is 12.8 Å². The fraction of sp³-hybridized carbons (Fsp3) is 1.00. The van der Waals surface area contributed by atoms with Crippen molar-refractivity contribution in [3.05, 3.63) is 0 Å². The molecule has 106 valence electrons. The Morgan fingerprint density at radius 1 is 1.22 bits per heavy atom. The summed E-state index contributed by atoms with van der Waals surface area (Å²) in [5.74, 6) is 0.483. The summed E-state index contributed by atoms with van der Waals surface area (Å²) in [4.78, 5) is 0. The van der Waals surface area contributed by atoms with Crippen molar-refractivity contribution < 1.29 is 8.42 Å². The fourth-order valence-corrected chi connectivity index (χ4v) is 3.97. The molecule has 2 fully saturated rings. The molecule has 0 aromatic heterocycles. The van der Waals surface area contributed by atoms with Gasteiger partial charge in [-0.25, -0.2) is 12.7 Å².